The number of aromatic nitrogens is 3. The molecule has 0 aliphatic carbocycles. The molecule has 9 heteroatoms. The number of halogens is 3. The predicted molar refractivity (Wildman–Crippen MR) is 109 cm³/mol. The third kappa shape index (κ3) is 4.82. The fourth-order valence-electron chi connectivity index (χ4n) is 3.90. The molecule has 1 aromatic heterocycles. The fourth-order valence-corrected chi connectivity index (χ4v) is 3.90. The molecule has 1 fully saturated rings. The van der Waals surface area contributed by atoms with Gasteiger partial charge in [0.2, 0.25) is 0 Å². The zero-order valence-electron chi connectivity index (χ0n) is 17.0. The molecule has 1 aliphatic rings. The lowest BCUT2D eigenvalue weighted by Crippen LogP contribution is -2.34. The summed E-state index contributed by atoms with van der Waals surface area (Å²) in [4.78, 5) is 17.5. The average Bonchev–Trinajstić information content (AvgIpc) is 3.15. The smallest absolute Gasteiger partial charge is 0.416 e. The van der Waals surface area contributed by atoms with E-state index in [0.717, 1.165) is 37.1 Å². The van der Waals surface area contributed by atoms with E-state index < -0.39 is 11.7 Å². The number of hydrogen-bond acceptors (Lipinski definition) is 4. The number of hydrogen-bond donors (Lipinski definition) is 1. The number of ether oxygens (including phenoxy) is 1. The number of nitrogens with one attached hydrogen (secondary N) is 1. The Bertz CT molecular complexity index is 1070. The second kappa shape index (κ2) is 8.58. The topological polar surface area (TPSA) is 63.1 Å². The number of alkyl halides is 3. The second-order valence-corrected chi connectivity index (χ2v) is 7.69. The van der Waals surface area contributed by atoms with E-state index >= 15 is 0 Å². The summed E-state index contributed by atoms with van der Waals surface area (Å²) in [7, 11) is 1.58. The first-order valence-electron chi connectivity index (χ1n) is 10.1. The van der Waals surface area contributed by atoms with Crippen molar-refractivity contribution in [3.63, 3.8) is 0 Å². The van der Waals surface area contributed by atoms with Gasteiger partial charge in [0.25, 0.3) is 0 Å². The maximum Gasteiger partial charge on any atom is 0.416 e. The van der Waals surface area contributed by atoms with Crippen molar-refractivity contribution in [2.24, 2.45) is 0 Å². The summed E-state index contributed by atoms with van der Waals surface area (Å²) in [6.07, 6.45) is -2.52. The van der Waals surface area contributed by atoms with Gasteiger partial charge in [-0.25, -0.2) is 4.79 Å². The predicted octanol–water partition coefficient (Wildman–Crippen LogP) is 3.97. The van der Waals surface area contributed by atoms with Crippen molar-refractivity contribution < 1.29 is 17.9 Å². The molecule has 4 rings (SSSR count). The number of piperidine rings is 1. The maximum atomic E-state index is 12.8. The second-order valence-electron chi connectivity index (χ2n) is 7.69. The number of rotatable bonds is 5. The lowest BCUT2D eigenvalue weighted by atomic mass is 9.97. The molecular weight excluding hydrogens is 409 g/mol. The van der Waals surface area contributed by atoms with Crippen LogP contribution < -0.4 is 10.4 Å². The molecule has 1 aliphatic heterocycles. The molecule has 3 aromatic rings. The van der Waals surface area contributed by atoms with E-state index in [1.54, 1.807) is 31.4 Å². The van der Waals surface area contributed by atoms with Crippen molar-refractivity contribution in [2.75, 3.05) is 20.2 Å². The van der Waals surface area contributed by atoms with E-state index in [-0.39, 0.29) is 11.6 Å². The Morgan fingerprint density at radius 3 is 2.48 bits per heavy atom. The minimum atomic E-state index is -4.33. The van der Waals surface area contributed by atoms with Crippen LogP contribution in [0.4, 0.5) is 13.2 Å². The molecule has 0 bridgehead atoms. The first kappa shape index (κ1) is 21.2. The van der Waals surface area contributed by atoms with Crippen LogP contribution in [0, 0.1) is 0 Å². The zero-order valence-corrected chi connectivity index (χ0v) is 17.0. The molecular formula is C22H23F3N4O2. The minimum Gasteiger partial charge on any atom is -0.497 e. The molecule has 0 amide bonds. The van der Waals surface area contributed by atoms with Crippen LogP contribution in [0.2, 0.25) is 0 Å². The Morgan fingerprint density at radius 1 is 1.13 bits per heavy atom. The Hall–Kier alpha value is -3.07. The molecule has 1 atom stereocenters. The molecule has 2 heterocycles. The summed E-state index contributed by atoms with van der Waals surface area (Å²) in [5, 5.41) is 4.50. The van der Waals surface area contributed by atoms with Crippen LogP contribution in [0.15, 0.2) is 53.3 Å². The Kier molecular flexibility index (Phi) is 5.86. The number of aromatic amines is 1. The van der Waals surface area contributed by atoms with Crippen molar-refractivity contribution in [1.82, 2.24) is 19.7 Å². The molecule has 0 spiro atoms. The van der Waals surface area contributed by atoms with Gasteiger partial charge in [0.1, 0.15) is 11.6 Å². The van der Waals surface area contributed by atoms with Gasteiger partial charge >= 0.3 is 11.9 Å². The highest BCUT2D eigenvalue weighted by atomic mass is 19.4. The largest absolute Gasteiger partial charge is 0.497 e. The molecule has 2 aromatic carbocycles. The number of methoxy groups -OCH3 is 1. The quantitative estimate of drug-likeness (QED) is 0.663. The molecule has 31 heavy (non-hydrogen) atoms. The zero-order chi connectivity index (χ0) is 22.0. The van der Waals surface area contributed by atoms with E-state index in [1.807, 2.05) is 0 Å². The number of likely N-dealkylation sites (tertiary alicyclic amines) is 1. The van der Waals surface area contributed by atoms with Crippen molar-refractivity contribution in [3.05, 3.63) is 76.0 Å². The molecule has 6 nitrogen and oxygen atoms in total. The molecule has 1 unspecified atom stereocenters. The third-order valence-corrected chi connectivity index (χ3v) is 5.53. The van der Waals surface area contributed by atoms with Gasteiger partial charge in [-0.15, -0.1) is 5.10 Å². The van der Waals surface area contributed by atoms with E-state index in [0.29, 0.717) is 30.4 Å². The number of H-pyrrole nitrogens is 1. The highest BCUT2D eigenvalue weighted by Crippen LogP contribution is 2.30. The van der Waals surface area contributed by atoms with Gasteiger partial charge in [-0.3, -0.25) is 9.88 Å². The van der Waals surface area contributed by atoms with Gasteiger partial charge in [0, 0.05) is 19.0 Å². The Morgan fingerprint density at radius 2 is 1.84 bits per heavy atom. The van der Waals surface area contributed by atoms with Crippen LogP contribution in [0.1, 0.15) is 35.7 Å². The molecule has 0 saturated carbocycles. The summed E-state index contributed by atoms with van der Waals surface area (Å²) in [6.45, 7) is 2.08. The van der Waals surface area contributed by atoms with E-state index in [9.17, 15) is 18.0 Å². The summed E-state index contributed by atoms with van der Waals surface area (Å²) in [5.41, 5.74) is 0.520. The number of benzene rings is 2. The summed E-state index contributed by atoms with van der Waals surface area (Å²) < 4.78 is 44.8. The summed E-state index contributed by atoms with van der Waals surface area (Å²) in [6, 6.07) is 12.3. The number of nitrogens with zero attached hydrogens (tertiary/aromatic N) is 3. The molecule has 164 valence electrons. The van der Waals surface area contributed by atoms with Crippen LogP contribution in [0.25, 0.3) is 5.69 Å². The summed E-state index contributed by atoms with van der Waals surface area (Å²) >= 11 is 0. The van der Waals surface area contributed by atoms with E-state index in [1.165, 1.54) is 16.8 Å². The van der Waals surface area contributed by atoms with Crippen LogP contribution in [-0.4, -0.2) is 39.9 Å². The van der Waals surface area contributed by atoms with Crippen LogP contribution in [-0.2, 0) is 12.7 Å². The highest BCUT2D eigenvalue weighted by molar-refractivity contribution is 5.36. The van der Waals surface area contributed by atoms with Gasteiger partial charge in [0.15, 0.2) is 0 Å². The lowest BCUT2D eigenvalue weighted by molar-refractivity contribution is -0.137. The van der Waals surface area contributed by atoms with Crippen molar-refractivity contribution in [3.8, 4) is 11.4 Å². The molecule has 1 N–H and O–H groups in total. The standard InChI is InChI=1S/C22H23F3N4O2/c1-31-19-10-8-18(9-11-19)29-21(30)26-20(27-29)16-3-2-12-28(14-16)13-15-4-6-17(7-5-15)22(23,24)25/h4-11,16H,2-3,12-14H2,1H3,(H,26,27,30). The SMILES string of the molecule is COc1ccc(-n2nc(C3CCCN(Cc4ccc(C(F)(F)F)cc4)C3)[nH]c2=O)cc1. The monoisotopic (exact) mass is 432 g/mol. The van der Waals surface area contributed by atoms with Gasteiger partial charge < -0.3 is 4.74 Å². The Labute approximate surface area is 177 Å². The van der Waals surface area contributed by atoms with Crippen LogP contribution in [0.5, 0.6) is 5.75 Å². The van der Waals surface area contributed by atoms with Gasteiger partial charge in [0.05, 0.1) is 18.4 Å². The van der Waals surface area contributed by atoms with E-state index in [2.05, 4.69) is 15.0 Å². The van der Waals surface area contributed by atoms with Gasteiger partial charge in [-0.1, -0.05) is 12.1 Å². The average molecular weight is 432 g/mol. The van der Waals surface area contributed by atoms with Gasteiger partial charge in [-0.2, -0.15) is 17.9 Å². The first-order chi connectivity index (χ1) is 14.8. The normalized spacial score (nSPS) is 17.6. The highest BCUT2D eigenvalue weighted by Gasteiger charge is 2.30. The van der Waals surface area contributed by atoms with Crippen LogP contribution >= 0.6 is 0 Å². The molecule has 0 radical (unpaired) electrons. The van der Waals surface area contributed by atoms with E-state index in [4.69, 9.17) is 4.74 Å². The maximum absolute atomic E-state index is 12.8. The minimum absolute atomic E-state index is 0.0513. The van der Waals surface area contributed by atoms with Crippen molar-refractivity contribution in [2.45, 2.75) is 31.5 Å². The van der Waals surface area contributed by atoms with Crippen molar-refractivity contribution >= 4 is 0 Å². The lowest BCUT2D eigenvalue weighted by Gasteiger charge is -2.31. The van der Waals surface area contributed by atoms with Crippen LogP contribution in [0.3, 0.4) is 0 Å². The van der Waals surface area contributed by atoms with Gasteiger partial charge in [-0.05, 0) is 61.3 Å². The third-order valence-electron chi connectivity index (χ3n) is 5.53. The van der Waals surface area contributed by atoms with Crippen molar-refractivity contribution in [1.29, 1.82) is 0 Å². The fraction of sp³-hybridized carbons (Fsp3) is 0.364. The molecule has 1 saturated heterocycles. The summed E-state index contributed by atoms with van der Waals surface area (Å²) in [5.74, 6) is 1.37. The Balaban J connectivity index is 1.45. The first-order valence-corrected chi connectivity index (χ1v) is 10.1.